The Bertz CT molecular complexity index is 1080. The number of carbonyl (C=O) groups excluding carboxylic acids is 3. The Labute approximate surface area is 166 Å². The summed E-state index contributed by atoms with van der Waals surface area (Å²) in [7, 11) is 0. The van der Waals surface area contributed by atoms with Gasteiger partial charge in [0.2, 0.25) is 5.78 Å². The third kappa shape index (κ3) is 2.86. The summed E-state index contributed by atoms with van der Waals surface area (Å²) in [5.41, 5.74) is 2.06. The monoisotopic (exact) mass is 391 g/mol. The lowest BCUT2D eigenvalue weighted by molar-refractivity contribution is -0.140. The average molecular weight is 391 g/mol. The van der Waals surface area contributed by atoms with Crippen molar-refractivity contribution in [2.75, 3.05) is 4.90 Å². The molecule has 2 aromatic heterocycles. The average Bonchev–Trinajstić information content (AvgIpc) is 3.48. The van der Waals surface area contributed by atoms with Crippen LogP contribution in [-0.2, 0) is 14.4 Å². The van der Waals surface area contributed by atoms with E-state index in [-0.39, 0.29) is 11.7 Å². The highest BCUT2D eigenvalue weighted by molar-refractivity contribution is 6.48. The summed E-state index contributed by atoms with van der Waals surface area (Å²) in [6, 6.07) is 4.54. The topological polar surface area (TPSA) is 112 Å². The molecule has 0 spiro atoms. The second kappa shape index (κ2) is 6.95. The molecule has 8 nitrogen and oxygen atoms in total. The Morgan fingerprint density at radius 2 is 1.90 bits per heavy atom. The summed E-state index contributed by atoms with van der Waals surface area (Å²) in [6.45, 7) is 0. The van der Waals surface area contributed by atoms with Crippen molar-refractivity contribution in [1.29, 1.82) is 0 Å². The SMILES string of the molecule is O=C1C(=O)N(c2ccc3nc[nH]c3c2)C(c2ncc[nH]2)C1C(=O)C1CCCCC1. The van der Waals surface area contributed by atoms with E-state index < -0.39 is 23.7 Å². The van der Waals surface area contributed by atoms with Gasteiger partial charge in [-0.1, -0.05) is 19.3 Å². The molecule has 2 aliphatic rings. The van der Waals surface area contributed by atoms with Gasteiger partial charge in [0.05, 0.1) is 17.4 Å². The van der Waals surface area contributed by atoms with E-state index in [0.29, 0.717) is 11.5 Å². The molecular formula is C21H21N5O3. The quantitative estimate of drug-likeness (QED) is 0.525. The molecule has 2 fully saturated rings. The third-order valence-corrected chi connectivity index (χ3v) is 6.10. The van der Waals surface area contributed by atoms with E-state index in [1.165, 1.54) is 4.90 Å². The molecule has 2 unspecified atom stereocenters. The van der Waals surface area contributed by atoms with E-state index in [0.717, 1.165) is 43.1 Å². The molecule has 1 aliphatic carbocycles. The minimum absolute atomic E-state index is 0.130. The Morgan fingerprint density at radius 3 is 2.66 bits per heavy atom. The fraction of sp³-hybridized carbons (Fsp3) is 0.381. The highest BCUT2D eigenvalue weighted by Crippen LogP contribution is 2.42. The number of H-pyrrole nitrogens is 2. The number of anilines is 1. The van der Waals surface area contributed by atoms with Crippen LogP contribution in [0, 0.1) is 11.8 Å². The fourth-order valence-electron chi connectivity index (χ4n) is 4.67. The van der Waals surface area contributed by atoms with Crippen LogP contribution in [0.1, 0.15) is 44.0 Å². The molecule has 1 amide bonds. The summed E-state index contributed by atoms with van der Waals surface area (Å²) < 4.78 is 0. The van der Waals surface area contributed by atoms with Gasteiger partial charge in [0.25, 0.3) is 5.91 Å². The maximum absolute atomic E-state index is 13.4. The largest absolute Gasteiger partial charge is 0.347 e. The summed E-state index contributed by atoms with van der Waals surface area (Å²) in [5, 5.41) is 0. The number of imidazole rings is 2. The minimum Gasteiger partial charge on any atom is -0.347 e. The zero-order chi connectivity index (χ0) is 20.0. The van der Waals surface area contributed by atoms with Gasteiger partial charge in [-0.3, -0.25) is 19.3 Å². The normalized spacial score (nSPS) is 23.2. The first-order chi connectivity index (χ1) is 14.1. The van der Waals surface area contributed by atoms with Crippen LogP contribution in [0.15, 0.2) is 36.9 Å². The van der Waals surface area contributed by atoms with E-state index >= 15 is 0 Å². The smallest absolute Gasteiger partial charge is 0.295 e. The number of aromatic nitrogens is 4. The number of benzene rings is 1. The van der Waals surface area contributed by atoms with E-state index in [2.05, 4.69) is 19.9 Å². The van der Waals surface area contributed by atoms with E-state index in [1.807, 2.05) is 0 Å². The molecule has 1 aliphatic heterocycles. The molecule has 8 heteroatoms. The first-order valence-corrected chi connectivity index (χ1v) is 9.98. The molecule has 1 saturated carbocycles. The number of nitrogens with zero attached hydrogens (tertiary/aromatic N) is 3. The van der Waals surface area contributed by atoms with Crippen molar-refractivity contribution in [3.8, 4) is 0 Å². The van der Waals surface area contributed by atoms with Crippen LogP contribution in [0.4, 0.5) is 5.69 Å². The van der Waals surface area contributed by atoms with Gasteiger partial charge < -0.3 is 9.97 Å². The summed E-state index contributed by atoms with van der Waals surface area (Å²) >= 11 is 0. The molecular weight excluding hydrogens is 370 g/mol. The Hall–Kier alpha value is -3.29. The van der Waals surface area contributed by atoms with Crippen molar-refractivity contribution in [2.24, 2.45) is 11.8 Å². The fourth-order valence-corrected chi connectivity index (χ4v) is 4.67. The lowest BCUT2D eigenvalue weighted by Gasteiger charge is -2.28. The number of rotatable bonds is 4. The Morgan fingerprint density at radius 1 is 1.07 bits per heavy atom. The summed E-state index contributed by atoms with van der Waals surface area (Å²) in [5.74, 6) is -2.20. The van der Waals surface area contributed by atoms with Gasteiger partial charge in [0.15, 0.2) is 0 Å². The van der Waals surface area contributed by atoms with Gasteiger partial charge in [0, 0.05) is 24.0 Å². The number of amides is 1. The molecule has 2 N–H and O–H groups in total. The highest BCUT2D eigenvalue weighted by Gasteiger charge is 2.54. The van der Waals surface area contributed by atoms with Crippen molar-refractivity contribution >= 4 is 34.2 Å². The van der Waals surface area contributed by atoms with Gasteiger partial charge in [-0.15, -0.1) is 0 Å². The lowest BCUT2D eigenvalue weighted by Crippen LogP contribution is -2.34. The standard InChI is InChI=1S/C21H21N5O3/c27-18(12-4-2-1-3-5-12)16-17(20-22-8-9-23-20)26(21(29)19(16)28)13-6-7-14-15(10-13)25-11-24-14/h6-12,16-17H,1-5H2,(H,22,23)(H,24,25). The molecule has 3 heterocycles. The van der Waals surface area contributed by atoms with Crippen molar-refractivity contribution in [3.05, 3.63) is 42.7 Å². The highest BCUT2D eigenvalue weighted by atomic mass is 16.2. The van der Waals surface area contributed by atoms with Crippen LogP contribution >= 0.6 is 0 Å². The molecule has 1 saturated heterocycles. The number of ketones is 2. The second-order valence-corrected chi connectivity index (χ2v) is 7.78. The van der Waals surface area contributed by atoms with E-state index in [4.69, 9.17) is 0 Å². The third-order valence-electron chi connectivity index (χ3n) is 6.10. The summed E-state index contributed by atoms with van der Waals surface area (Å²) in [6.07, 6.45) is 9.42. The van der Waals surface area contributed by atoms with Crippen LogP contribution in [0.2, 0.25) is 0 Å². The first kappa shape index (κ1) is 17.8. The lowest BCUT2D eigenvalue weighted by atomic mass is 9.79. The number of hydrogen-bond acceptors (Lipinski definition) is 5. The summed E-state index contributed by atoms with van der Waals surface area (Å²) in [4.78, 5) is 55.3. The number of nitrogens with one attached hydrogen (secondary N) is 2. The van der Waals surface area contributed by atoms with Crippen molar-refractivity contribution in [2.45, 2.75) is 38.1 Å². The predicted molar refractivity (Wildman–Crippen MR) is 105 cm³/mol. The first-order valence-electron chi connectivity index (χ1n) is 9.98. The number of Topliss-reactive ketones (excluding diaryl/α,β-unsaturated/α-hetero) is 2. The molecule has 3 aromatic rings. The zero-order valence-electron chi connectivity index (χ0n) is 15.8. The number of aromatic amines is 2. The van der Waals surface area contributed by atoms with Gasteiger partial charge in [-0.2, -0.15) is 0 Å². The van der Waals surface area contributed by atoms with Crippen LogP contribution in [-0.4, -0.2) is 37.4 Å². The van der Waals surface area contributed by atoms with Crippen molar-refractivity contribution < 1.29 is 14.4 Å². The second-order valence-electron chi connectivity index (χ2n) is 7.78. The molecule has 148 valence electrons. The van der Waals surface area contributed by atoms with Crippen LogP contribution < -0.4 is 4.90 Å². The molecule has 0 bridgehead atoms. The van der Waals surface area contributed by atoms with Crippen molar-refractivity contribution in [1.82, 2.24) is 19.9 Å². The number of carbonyl (C=O) groups is 3. The van der Waals surface area contributed by atoms with Gasteiger partial charge in [-0.05, 0) is 31.0 Å². The minimum atomic E-state index is -1.03. The molecule has 5 rings (SSSR count). The molecule has 2 atom stereocenters. The van der Waals surface area contributed by atoms with Gasteiger partial charge in [0.1, 0.15) is 23.6 Å². The van der Waals surface area contributed by atoms with Gasteiger partial charge >= 0.3 is 0 Å². The van der Waals surface area contributed by atoms with Crippen LogP contribution in [0.25, 0.3) is 11.0 Å². The Kier molecular flexibility index (Phi) is 4.26. The van der Waals surface area contributed by atoms with Gasteiger partial charge in [-0.25, -0.2) is 9.97 Å². The van der Waals surface area contributed by atoms with E-state index in [1.54, 1.807) is 36.9 Å². The molecule has 0 radical (unpaired) electrons. The molecule has 29 heavy (non-hydrogen) atoms. The van der Waals surface area contributed by atoms with Crippen molar-refractivity contribution in [3.63, 3.8) is 0 Å². The maximum atomic E-state index is 13.4. The molecule has 1 aromatic carbocycles. The number of fused-ring (bicyclic) bond motifs is 1. The van der Waals surface area contributed by atoms with E-state index in [9.17, 15) is 14.4 Å². The predicted octanol–water partition coefficient (Wildman–Crippen LogP) is 2.71. The maximum Gasteiger partial charge on any atom is 0.295 e. The number of hydrogen-bond donors (Lipinski definition) is 2. The zero-order valence-corrected chi connectivity index (χ0v) is 15.8. The van der Waals surface area contributed by atoms with Crippen LogP contribution in [0.3, 0.4) is 0 Å². The van der Waals surface area contributed by atoms with Crippen LogP contribution in [0.5, 0.6) is 0 Å². The Balaban J connectivity index is 1.59.